The van der Waals surface area contributed by atoms with E-state index in [0.717, 1.165) is 58.0 Å². The molecule has 0 amide bonds. The van der Waals surface area contributed by atoms with Gasteiger partial charge in [0.2, 0.25) is 0 Å². The Kier molecular flexibility index (Phi) is 7.78. The zero-order chi connectivity index (χ0) is 23.2. The van der Waals surface area contributed by atoms with Crippen molar-refractivity contribution < 1.29 is 8.91 Å². The van der Waals surface area contributed by atoms with Crippen molar-refractivity contribution in [3.63, 3.8) is 0 Å². The maximum absolute atomic E-state index is 14.0. The molecule has 0 N–H and O–H groups in total. The number of aromatic nitrogens is 1. The first-order chi connectivity index (χ1) is 16.0. The number of hydrogen-bond acceptors (Lipinski definition) is 5. The van der Waals surface area contributed by atoms with Gasteiger partial charge in [0.25, 0.3) is 0 Å². The van der Waals surface area contributed by atoms with Gasteiger partial charge in [-0.05, 0) is 63.7 Å². The van der Waals surface area contributed by atoms with Crippen LogP contribution >= 0.6 is 0 Å². The predicted molar refractivity (Wildman–Crippen MR) is 132 cm³/mol. The van der Waals surface area contributed by atoms with Gasteiger partial charge in [0.05, 0.1) is 6.54 Å². The summed E-state index contributed by atoms with van der Waals surface area (Å²) in [7, 11) is 0. The first-order valence-electron chi connectivity index (χ1n) is 12.0. The largest absolute Gasteiger partial charge is 0.369 e. The fraction of sp³-hybridized carbons (Fsp3) is 0.444. The van der Waals surface area contributed by atoms with Gasteiger partial charge in [0.15, 0.2) is 5.76 Å². The minimum Gasteiger partial charge on any atom is -0.369 e. The summed E-state index contributed by atoms with van der Waals surface area (Å²) in [6.07, 6.45) is 1.12. The van der Waals surface area contributed by atoms with Gasteiger partial charge >= 0.3 is 0 Å². The lowest BCUT2D eigenvalue weighted by Crippen LogP contribution is -2.47. The molecule has 0 aliphatic carbocycles. The Bertz CT molecular complexity index is 1040. The molecule has 3 aromatic rings. The second kappa shape index (κ2) is 10.9. The lowest BCUT2D eigenvalue weighted by molar-refractivity contribution is 0.206. The van der Waals surface area contributed by atoms with Crippen molar-refractivity contribution >= 4 is 5.69 Å². The summed E-state index contributed by atoms with van der Waals surface area (Å²) < 4.78 is 19.5. The second-order valence-corrected chi connectivity index (χ2v) is 9.00. The summed E-state index contributed by atoms with van der Waals surface area (Å²) in [5.41, 5.74) is 5.10. The van der Waals surface area contributed by atoms with E-state index in [2.05, 4.69) is 58.8 Å². The van der Waals surface area contributed by atoms with E-state index in [1.54, 1.807) is 12.1 Å². The molecule has 0 bridgehead atoms. The number of nitrogens with zero attached hydrogens (tertiary/aromatic N) is 4. The van der Waals surface area contributed by atoms with Crippen molar-refractivity contribution in [1.82, 2.24) is 15.0 Å². The molecular weight excluding hydrogens is 415 g/mol. The molecule has 1 saturated heterocycles. The van der Waals surface area contributed by atoms with Gasteiger partial charge in [-0.25, -0.2) is 4.39 Å². The molecule has 1 fully saturated rings. The number of aryl methyl sites for hydroxylation is 2. The number of hydrogen-bond donors (Lipinski definition) is 0. The summed E-state index contributed by atoms with van der Waals surface area (Å²) in [6, 6.07) is 15.3. The first kappa shape index (κ1) is 23.5. The third kappa shape index (κ3) is 6.01. The maximum atomic E-state index is 14.0. The SMILES string of the molecule is CCN(CCCN1CCN(c2ccc(C)cc2C)CC1)Cc1cc(-c2ccccc2F)no1. The van der Waals surface area contributed by atoms with Crippen LogP contribution in [-0.2, 0) is 6.54 Å². The quantitative estimate of drug-likeness (QED) is 0.452. The van der Waals surface area contributed by atoms with Crippen LogP contribution in [0.2, 0.25) is 0 Å². The van der Waals surface area contributed by atoms with Crippen molar-refractivity contribution in [2.24, 2.45) is 0 Å². The molecule has 0 atom stereocenters. The zero-order valence-corrected chi connectivity index (χ0v) is 20.1. The molecular formula is C27H35FN4O. The van der Waals surface area contributed by atoms with Crippen LogP contribution in [0.15, 0.2) is 53.1 Å². The smallest absolute Gasteiger partial charge is 0.151 e. The highest BCUT2D eigenvalue weighted by Gasteiger charge is 2.19. The second-order valence-electron chi connectivity index (χ2n) is 9.00. The van der Waals surface area contributed by atoms with Crippen LogP contribution in [0.25, 0.3) is 11.3 Å². The van der Waals surface area contributed by atoms with Crippen molar-refractivity contribution in [2.45, 2.75) is 33.7 Å². The zero-order valence-electron chi connectivity index (χ0n) is 20.1. The molecule has 33 heavy (non-hydrogen) atoms. The van der Waals surface area contributed by atoms with Gasteiger partial charge in [-0.3, -0.25) is 9.80 Å². The summed E-state index contributed by atoms with van der Waals surface area (Å²) in [5, 5.41) is 4.08. The number of halogens is 1. The molecule has 4 rings (SSSR count). The van der Waals surface area contributed by atoms with Gasteiger partial charge < -0.3 is 9.42 Å². The molecule has 5 nitrogen and oxygen atoms in total. The Morgan fingerprint density at radius 1 is 1.03 bits per heavy atom. The topological polar surface area (TPSA) is 35.8 Å². The first-order valence-corrected chi connectivity index (χ1v) is 12.0. The number of piperazine rings is 1. The minimum absolute atomic E-state index is 0.276. The summed E-state index contributed by atoms with van der Waals surface area (Å²) in [6.45, 7) is 14.6. The normalized spacial score (nSPS) is 14.9. The monoisotopic (exact) mass is 450 g/mol. The predicted octanol–water partition coefficient (Wildman–Crippen LogP) is 5.13. The van der Waals surface area contributed by atoms with Gasteiger partial charge in [-0.2, -0.15) is 0 Å². The van der Waals surface area contributed by atoms with Gasteiger partial charge in [0.1, 0.15) is 11.5 Å². The van der Waals surface area contributed by atoms with Crippen LogP contribution in [0.1, 0.15) is 30.2 Å². The molecule has 0 radical (unpaired) electrons. The van der Waals surface area contributed by atoms with E-state index in [1.807, 2.05) is 12.1 Å². The van der Waals surface area contributed by atoms with Crippen LogP contribution < -0.4 is 4.90 Å². The molecule has 6 heteroatoms. The Morgan fingerprint density at radius 3 is 2.55 bits per heavy atom. The van der Waals surface area contributed by atoms with Crippen LogP contribution in [0.5, 0.6) is 0 Å². The van der Waals surface area contributed by atoms with Crippen LogP contribution in [0.3, 0.4) is 0 Å². The van der Waals surface area contributed by atoms with Crippen molar-refractivity contribution in [3.05, 3.63) is 71.2 Å². The highest BCUT2D eigenvalue weighted by molar-refractivity contribution is 5.59. The van der Waals surface area contributed by atoms with Gasteiger partial charge in [-0.1, -0.05) is 41.9 Å². The van der Waals surface area contributed by atoms with Gasteiger partial charge in [0, 0.05) is 43.5 Å². The summed E-state index contributed by atoms with van der Waals surface area (Å²) in [5.74, 6) is 0.500. The van der Waals surface area contributed by atoms with Crippen LogP contribution in [-0.4, -0.2) is 60.8 Å². The van der Waals surface area contributed by atoms with Crippen molar-refractivity contribution in [3.8, 4) is 11.3 Å². The highest BCUT2D eigenvalue weighted by Crippen LogP contribution is 2.24. The third-order valence-electron chi connectivity index (χ3n) is 6.55. The maximum Gasteiger partial charge on any atom is 0.151 e. The standard InChI is InChI=1S/C27H35FN4O/c1-4-30(20-23-19-26(29-33-23)24-8-5-6-9-25(24)28)12-7-13-31-14-16-32(17-15-31)27-11-10-21(2)18-22(27)3/h5-6,8-11,18-19H,4,7,12-17,20H2,1-3H3. The Balaban J connectivity index is 1.22. The van der Waals surface area contributed by atoms with E-state index in [1.165, 1.54) is 22.9 Å². The Labute approximate surface area is 196 Å². The highest BCUT2D eigenvalue weighted by atomic mass is 19.1. The molecule has 2 heterocycles. The molecule has 1 aliphatic heterocycles. The average Bonchev–Trinajstić information content (AvgIpc) is 3.27. The average molecular weight is 451 g/mol. The molecule has 0 unspecified atom stereocenters. The summed E-state index contributed by atoms with van der Waals surface area (Å²) >= 11 is 0. The van der Waals surface area contributed by atoms with Gasteiger partial charge in [-0.15, -0.1) is 0 Å². The Hall–Kier alpha value is -2.70. The minimum atomic E-state index is -0.276. The molecule has 1 aromatic heterocycles. The van der Waals surface area contributed by atoms with Crippen molar-refractivity contribution in [1.29, 1.82) is 0 Å². The van der Waals surface area contributed by atoms with E-state index >= 15 is 0 Å². The summed E-state index contributed by atoms with van der Waals surface area (Å²) in [4.78, 5) is 7.44. The molecule has 2 aromatic carbocycles. The van der Waals surface area contributed by atoms with Crippen molar-refractivity contribution in [2.75, 3.05) is 50.7 Å². The number of rotatable bonds is 9. The lowest BCUT2D eigenvalue weighted by atomic mass is 10.1. The molecule has 1 aliphatic rings. The third-order valence-corrected chi connectivity index (χ3v) is 6.55. The molecule has 0 saturated carbocycles. The number of benzene rings is 2. The lowest BCUT2D eigenvalue weighted by Gasteiger charge is -2.37. The van der Waals surface area contributed by atoms with E-state index < -0.39 is 0 Å². The van der Waals surface area contributed by atoms with E-state index in [0.29, 0.717) is 17.8 Å². The van der Waals surface area contributed by atoms with Crippen LogP contribution in [0.4, 0.5) is 10.1 Å². The van der Waals surface area contributed by atoms with Crippen LogP contribution in [0, 0.1) is 19.7 Å². The fourth-order valence-electron chi connectivity index (χ4n) is 4.64. The molecule has 0 spiro atoms. The van der Waals surface area contributed by atoms with E-state index in [-0.39, 0.29) is 5.82 Å². The Morgan fingerprint density at radius 2 is 1.82 bits per heavy atom. The number of anilines is 1. The van der Waals surface area contributed by atoms with E-state index in [9.17, 15) is 4.39 Å². The fourth-order valence-corrected chi connectivity index (χ4v) is 4.64. The molecule has 176 valence electrons. The van der Waals surface area contributed by atoms with E-state index in [4.69, 9.17) is 4.52 Å².